The summed E-state index contributed by atoms with van der Waals surface area (Å²) in [6.07, 6.45) is 1.67. The molecule has 1 aliphatic rings. The van der Waals surface area contributed by atoms with Gasteiger partial charge in [0, 0.05) is 25.0 Å². The van der Waals surface area contributed by atoms with E-state index in [-0.39, 0.29) is 6.42 Å². The zero-order valence-corrected chi connectivity index (χ0v) is 18.6. The lowest BCUT2D eigenvalue weighted by Gasteiger charge is -2.21. The van der Waals surface area contributed by atoms with Crippen molar-refractivity contribution in [3.63, 3.8) is 0 Å². The molecule has 0 bridgehead atoms. The average molecular weight is 432 g/mol. The van der Waals surface area contributed by atoms with Gasteiger partial charge in [-0.3, -0.25) is 9.78 Å². The number of pyridine rings is 1. The number of aryl methyl sites for hydroxylation is 1. The standard InChI is InChI=1S/C23H25N7O2/c1-5-29(6-2)16-10-11-17(15(3)13-16)25-21-19(14-20(31)32-4)27-30-23(21)26-22(28-30)18-9-7-8-12-24-18/h7-13H,5-6,14H2,1-4H3/b25-21-. The van der Waals surface area contributed by atoms with Crippen LogP contribution < -0.4 is 4.90 Å². The first-order valence-corrected chi connectivity index (χ1v) is 10.5. The van der Waals surface area contributed by atoms with Crippen LogP contribution in [0.25, 0.3) is 11.5 Å². The molecule has 4 rings (SSSR count). The van der Waals surface area contributed by atoms with Gasteiger partial charge in [-0.25, -0.2) is 9.98 Å². The number of aromatic nitrogens is 4. The minimum atomic E-state index is -0.402. The lowest BCUT2D eigenvalue weighted by Crippen LogP contribution is -2.21. The minimum absolute atomic E-state index is 0.0180. The summed E-state index contributed by atoms with van der Waals surface area (Å²) in [5.41, 5.74) is 4.55. The molecule has 0 saturated carbocycles. The van der Waals surface area contributed by atoms with E-state index >= 15 is 0 Å². The van der Waals surface area contributed by atoms with Gasteiger partial charge < -0.3 is 9.64 Å². The summed E-state index contributed by atoms with van der Waals surface area (Å²) >= 11 is 0. The van der Waals surface area contributed by atoms with E-state index in [2.05, 4.69) is 51.0 Å². The van der Waals surface area contributed by atoms with Crippen molar-refractivity contribution in [2.45, 2.75) is 27.2 Å². The van der Waals surface area contributed by atoms with Gasteiger partial charge in [0.1, 0.15) is 17.1 Å². The van der Waals surface area contributed by atoms with Crippen LogP contribution in [0.1, 0.15) is 31.7 Å². The molecular formula is C23H25N7O2. The third kappa shape index (κ3) is 4.14. The highest BCUT2D eigenvalue weighted by atomic mass is 16.5. The molecule has 164 valence electrons. The van der Waals surface area contributed by atoms with E-state index in [1.54, 1.807) is 6.20 Å². The Morgan fingerprint density at radius 1 is 1.19 bits per heavy atom. The quantitative estimate of drug-likeness (QED) is 0.532. The van der Waals surface area contributed by atoms with Crippen LogP contribution in [-0.4, -0.2) is 57.4 Å². The van der Waals surface area contributed by atoms with Crippen LogP contribution >= 0.6 is 0 Å². The lowest BCUT2D eigenvalue weighted by molar-refractivity contribution is -0.139. The molecule has 0 unspecified atom stereocenters. The van der Waals surface area contributed by atoms with Gasteiger partial charge in [-0.15, -0.1) is 9.89 Å². The van der Waals surface area contributed by atoms with E-state index in [1.807, 2.05) is 31.2 Å². The molecule has 3 heterocycles. The number of benzene rings is 1. The Kier molecular flexibility index (Phi) is 6.07. The van der Waals surface area contributed by atoms with Crippen LogP contribution in [0.15, 0.2) is 52.7 Å². The first-order valence-electron chi connectivity index (χ1n) is 10.5. The Hall–Kier alpha value is -3.88. The summed E-state index contributed by atoms with van der Waals surface area (Å²) in [4.78, 5) is 29.4. The summed E-state index contributed by atoms with van der Waals surface area (Å²) in [5.74, 6) is 0.514. The number of hydrogen-bond donors (Lipinski definition) is 0. The van der Waals surface area contributed by atoms with Gasteiger partial charge in [0.05, 0.1) is 19.2 Å². The second-order valence-corrected chi connectivity index (χ2v) is 7.27. The van der Waals surface area contributed by atoms with Crippen LogP contribution in [-0.2, 0) is 9.53 Å². The second kappa shape index (κ2) is 9.09. The summed E-state index contributed by atoms with van der Waals surface area (Å²) in [5, 5.41) is 8.89. The summed E-state index contributed by atoms with van der Waals surface area (Å²) in [7, 11) is 1.35. The van der Waals surface area contributed by atoms with Gasteiger partial charge in [-0.2, -0.15) is 5.10 Å². The predicted octanol–water partition coefficient (Wildman–Crippen LogP) is 3.40. The molecule has 2 aromatic heterocycles. The number of ether oxygens (including phenoxy) is 1. The monoisotopic (exact) mass is 431 g/mol. The summed E-state index contributed by atoms with van der Waals surface area (Å²) < 4.78 is 4.83. The number of carbonyl (C=O) groups is 1. The predicted molar refractivity (Wildman–Crippen MR) is 124 cm³/mol. The largest absolute Gasteiger partial charge is 0.469 e. The third-order valence-corrected chi connectivity index (χ3v) is 5.27. The minimum Gasteiger partial charge on any atom is -0.469 e. The molecule has 9 heteroatoms. The van der Waals surface area contributed by atoms with Crippen molar-refractivity contribution < 1.29 is 9.53 Å². The van der Waals surface area contributed by atoms with Gasteiger partial charge in [0.25, 0.3) is 0 Å². The number of carbonyl (C=O) groups excluding carboxylic acids is 1. The number of methoxy groups -OCH3 is 1. The van der Waals surface area contributed by atoms with E-state index < -0.39 is 5.97 Å². The fraction of sp³-hybridized carbons (Fsp3) is 0.304. The van der Waals surface area contributed by atoms with E-state index in [9.17, 15) is 4.79 Å². The van der Waals surface area contributed by atoms with Crippen molar-refractivity contribution in [2.24, 2.45) is 10.1 Å². The number of rotatable bonds is 7. The molecule has 1 aromatic carbocycles. The van der Waals surface area contributed by atoms with Crippen LogP contribution in [0.2, 0.25) is 0 Å². The lowest BCUT2D eigenvalue weighted by atomic mass is 10.1. The maximum Gasteiger partial charge on any atom is 0.311 e. The molecule has 0 amide bonds. The molecule has 0 fully saturated rings. The Morgan fingerprint density at radius 2 is 2.00 bits per heavy atom. The van der Waals surface area contributed by atoms with Gasteiger partial charge >= 0.3 is 5.97 Å². The first kappa shape index (κ1) is 21.4. The van der Waals surface area contributed by atoms with Crippen molar-refractivity contribution in [1.29, 1.82) is 0 Å². The summed E-state index contributed by atoms with van der Waals surface area (Å²) in [6, 6.07) is 11.7. The topological polar surface area (TPSA) is 97.9 Å². The third-order valence-electron chi connectivity index (χ3n) is 5.27. The van der Waals surface area contributed by atoms with Crippen molar-refractivity contribution >= 4 is 28.8 Å². The Balaban J connectivity index is 1.76. The molecule has 0 radical (unpaired) electrons. The van der Waals surface area contributed by atoms with Crippen molar-refractivity contribution in [3.05, 3.63) is 54.0 Å². The van der Waals surface area contributed by atoms with Gasteiger partial charge in [0.15, 0.2) is 0 Å². The normalized spacial score (nSPS) is 13.8. The van der Waals surface area contributed by atoms with E-state index in [0.717, 1.165) is 30.0 Å². The molecule has 0 aliphatic carbocycles. The number of hydrogen-bond acceptors (Lipinski definition) is 8. The van der Waals surface area contributed by atoms with Gasteiger partial charge in [-0.1, -0.05) is 6.07 Å². The maximum absolute atomic E-state index is 12.0. The Bertz CT molecular complexity index is 1190. The number of anilines is 1. The molecule has 0 N–H and O–H groups in total. The number of aliphatic imine (C=N–C) groups is 1. The van der Waals surface area contributed by atoms with Crippen LogP contribution in [0.4, 0.5) is 11.4 Å². The van der Waals surface area contributed by atoms with Crippen LogP contribution in [0.3, 0.4) is 0 Å². The molecule has 0 saturated heterocycles. The second-order valence-electron chi connectivity index (χ2n) is 7.27. The van der Waals surface area contributed by atoms with Crippen molar-refractivity contribution in [2.75, 3.05) is 25.1 Å². The number of fused-ring (bicyclic) bond motifs is 1. The number of nitrogens with zero attached hydrogens (tertiary/aromatic N) is 7. The van der Waals surface area contributed by atoms with Crippen molar-refractivity contribution in [3.8, 4) is 11.5 Å². The zero-order chi connectivity index (χ0) is 22.7. The fourth-order valence-corrected chi connectivity index (χ4v) is 3.53. The zero-order valence-electron chi connectivity index (χ0n) is 18.6. The van der Waals surface area contributed by atoms with E-state index in [1.165, 1.54) is 11.9 Å². The molecule has 0 spiro atoms. The van der Waals surface area contributed by atoms with Gasteiger partial charge in [0.2, 0.25) is 11.6 Å². The molecular weight excluding hydrogens is 406 g/mol. The van der Waals surface area contributed by atoms with Crippen LogP contribution in [0, 0.1) is 6.92 Å². The van der Waals surface area contributed by atoms with Crippen LogP contribution in [0.5, 0.6) is 0 Å². The van der Waals surface area contributed by atoms with E-state index in [4.69, 9.17) is 9.73 Å². The SMILES string of the molecule is CCN(CC)c1ccc(/N=C2/C(CC(=O)OC)=Nn3nc(-c4ccccn4)nc32)c(C)c1. The molecule has 32 heavy (non-hydrogen) atoms. The molecule has 9 nitrogen and oxygen atoms in total. The highest BCUT2D eigenvalue weighted by molar-refractivity contribution is 6.51. The fourth-order valence-electron chi connectivity index (χ4n) is 3.53. The van der Waals surface area contributed by atoms with E-state index in [0.29, 0.717) is 28.8 Å². The smallest absolute Gasteiger partial charge is 0.311 e. The molecule has 1 aliphatic heterocycles. The maximum atomic E-state index is 12.0. The molecule has 3 aromatic rings. The average Bonchev–Trinajstić information content (AvgIpc) is 3.35. The number of esters is 1. The Labute approximate surface area is 186 Å². The van der Waals surface area contributed by atoms with Crippen molar-refractivity contribution in [1.82, 2.24) is 19.9 Å². The highest BCUT2D eigenvalue weighted by Crippen LogP contribution is 2.27. The van der Waals surface area contributed by atoms with Gasteiger partial charge in [-0.05, 0) is 56.7 Å². The Morgan fingerprint density at radius 3 is 2.66 bits per heavy atom. The first-order chi connectivity index (χ1) is 15.5. The highest BCUT2D eigenvalue weighted by Gasteiger charge is 2.30. The molecule has 0 atom stereocenters. The summed E-state index contributed by atoms with van der Waals surface area (Å²) in [6.45, 7) is 8.14.